The van der Waals surface area contributed by atoms with Crippen molar-refractivity contribution >= 4 is 56.3 Å². The maximum absolute atomic E-state index is 11.7. The van der Waals surface area contributed by atoms with Crippen molar-refractivity contribution in [1.82, 2.24) is 0 Å². The molecule has 0 unspecified atom stereocenters. The second-order valence-corrected chi connectivity index (χ2v) is 17.0. The van der Waals surface area contributed by atoms with E-state index in [0.29, 0.717) is 0 Å². The number of benzene rings is 2. The second-order valence-electron chi connectivity index (χ2n) is 4.70. The number of para-hydroxylation sites is 2. The van der Waals surface area contributed by atoms with Gasteiger partial charge < -0.3 is 8.37 Å². The van der Waals surface area contributed by atoms with Gasteiger partial charge in [0.2, 0.25) is 0 Å². The van der Waals surface area contributed by atoms with E-state index in [4.69, 9.17) is 0 Å². The molecular weight excluding hydrogens is 529 g/mol. The molecule has 166 valence electrons. The predicted octanol–water partition coefficient (Wildman–Crippen LogP) is 1.54. The Morgan fingerprint density at radius 1 is 0.467 bits per heavy atom. The average Bonchev–Trinajstić information content (AvgIpc) is 2.59. The topological polar surface area (TPSA) is 173 Å². The van der Waals surface area contributed by atoms with Crippen LogP contribution in [0.4, 0.5) is 0 Å². The molecule has 2 aromatic carbocycles. The highest BCUT2D eigenvalue weighted by Gasteiger charge is 2.33. The quantitative estimate of drug-likeness (QED) is 0.229. The molecule has 30 heavy (non-hydrogen) atoms. The molecule has 2 aromatic rings. The summed E-state index contributed by atoms with van der Waals surface area (Å²) in [4.78, 5) is 0. The lowest BCUT2D eigenvalue weighted by Crippen LogP contribution is -2.14. The first-order valence-corrected chi connectivity index (χ1v) is 16.4. The summed E-state index contributed by atoms with van der Waals surface area (Å²) in [6.07, 6.45) is 0. The van der Waals surface area contributed by atoms with Gasteiger partial charge in [0.15, 0.2) is 19.7 Å². The second kappa shape index (κ2) is 9.73. The number of hydrogen-bond acceptors (Lipinski definition) is 14. The molecule has 0 aliphatic carbocycles. The van der Waals surface area contributed by atoms with Crippen LogP contribution in [0.5, 0.6) is 11.5 Å². The highest BCUT2D eigenvalue weighted by Crippen LogP contribution is 2.30. The number of rotatable bonds is 11. The Balaban J connectivity index is 1.98. The van der Waals surface area contributed by atoms with Crippen molar-refractivity contribution in [2.75, 3.05) is 0 Å². The van der Waals surface area contributed by atoms with Gasteiger partial charge >= 0.3 is 36.6 Å². The standard InChI is InChI=1S/C12H10O12S6/c13-27(14,21-11-7-3-1-4-8-11)25-29(17,18)23-24-30(19,20)26-28(15,16)22-12-9-5-2-6-10-12/h1-10H. The average molecular weight is 539 g/mol. The fourth-order valence-electron chi connectivity index (χ4n) is 1.51. The fraction of sp³-hybridized carbons (Fsp3) is 0. The Morgan fingerprint density at radius 3 is 1.07 bits per heavy atom. The molecule has 18 heteroatoms. The van der Waals surface area contributed by atoms with Crippen molar-refractivity contribution in [3.8, 4) is 11.5 Å². The minimum Gasteiger partial charge on any atom is -0.374 e. The summed E-state index contributed by atoms with van der Waals surface area (Å²) in [7, 11) is -22.1. The first-order chi connectivity index (χ1) is 13.8. The molecule has 0 aromatic heterocycles. The van der Waals surface area contributed by atoms with Crippen LogP contribution >= 0.6 is 19.7 Å². The monoisotopic (exact) mass is 538 g/mol. The van der Waals surface area contributed by atoms with E-state index in [1.165, 1.54) is 48.5 Å². The normalized spacial score (nSPS) is 12.9. The first-order valence-electron chi connectivity index (χ1n) is 7.06. The molecule has 0 aliphatic rings. The molecule has 0 heterocycles. The molecule has 0 saturated heterocycles. The summed E-state index contributed by atoms with van der Waals surface area (Å²) < 4.78 is 110. The summed E-state index contributed by atoms with van der Waals surface area (Å²) >= 11 is 0. The smallest absolute Gasteiger partial charge is 0.374 e. The maximum atomic E-state index is 11.7. The van der Waals surface area contributed by atoms with Crippen molar-refractivity contribution in [2.24, 2.45) is 0 Å². The summed E-state index contributed by atoms with van der Waals surface area (Å²) in [5.74, 6) is -0.457. The van der Waals surface area contributed by atoms with E-state index in [-0.39, 0.29) is 11.5 Å². The molecule has 0 spiro atoms. The predicted molar refractivity (Wildman–Crippen MR) is 107 cm³/mol. The summed E-state index contributed by atoms with van der Waals surface area (Å²) in [6, 6.07) is 13.5. The highest BCUT2D eigenvalue weighted by molar-refractivity contribution is 9.03. The molecule has 0 saturated carbocycles. The third kappa shape index (κ3) is 9.08. The Morgan fingerprint density at radius 2 is 0.767 bits per heavy atom. The van der Waals surface area contributed by atoms with Crippen molar-refractivity contribution in [1.29, 1.82) is 0 Å². The Hall–Kier alpha value is -1.54. The summed E-state index contributed by atoms with van der Waals surface area (Å²) in [6.45, 7) is 0. The van der Waals surface area contributed by atoms with Crippen molar-refractivity contribution < 1.29 is 50.7 Å². The van der Waals surface area contributed by atoms with Gasteiger partial charge in [-0.2, -0.15) is 33.7 Å². The molecule has 0 aliphatic heterocycles. The molecule has 0 fully saturated rings. The highest BCUT2D eigenvalue weighted by atomic mass is 33.5. The zero-order valence-corrected chi connectivity index (χ0v) is 19.0. The van der Waals surface area contributed by atoms with Gasteiger partial charge in [-0.25, -0.2) is 0 Å². The summed E-state index contributed by atoms with van der Waals surface area (Å²) in [5, 5.41) is 0. The largest absolute Gasteiger partial charge is 0.383 e. The van der Waals surface area contributed by atoms with Gasteiger partial charge in [0, 0.05) is 0 Å². The lowest BCUT2D eigenvalue weighted by atomic mass is 10.3. The third-order valence-electron chi connectivity index (χ3n) is 2.41. The van der Waals surface area contributed by atoms with Crippen LogP contribution in [0.2, 0.25) is 0 Å². The van der Waals surface area contributed by atoms with Crippen LogP contribution in [0.1, 0.15) is 0 Å². The number of hydrogen-bond donors (Lipinski definition) is 0. The van der Waals surface area contributed by atoms with Crippen LogP contribution < -0.4 is 8.37 Å². The van der Waals surface area contributed by atoms with Gasteiger partial charge in [0.1, 0.15) is 11.5 Å². The van der Waals surface area contributed by atoms with Crippen LogP contribution in [-0.4, -0.2) is 33.7 Å². The van der Waals surface area contributed by atoms with Crippen molar-refractivity contribution in [3.05, 3.63) is 60.7 Å². The Labute approximate surface area is 178 Å². The van der Waals surface area contributed by atoms with Gasteiger partial charge in [-0.15, -0.1) is 0 Å². The van der Waals surface area contributed by atoms with Gasteiger partial charge in [-0.3, -0.25) is 0 Å². The van der Waals surface area contributed by atoms with Gasteiger partial charge in [-0.05, 0) is 24.3 Å². The van der Waals surface area contributed by atoms with Crippen LogP contribution in [0.15, 0.2) is 60.7 Å². The lowest BCUT2D eigenvalue weighted by Gasteiger charge is -2.07. The Kier molecular flexibility index (Phi) is 8.02. The summed E-state index contributed by atoms with van der Waals surface area (Å²) in [5.41, 5.74) is 0. The zero-order chi connectivity index (χ0) is 22.5. The van der Waals surface area contributed by atoms with Gasteiger partial charge in [0.05, 0.1) is 0 Å². The van der Waals surface area contributed by atoms with Crippen LogP contribution in [-0.2, 0) is 45.3 Å². The molecule has 12 nitrogen and oxygen atoms in total. The van der Waals surface area contributed by atoms with Crippen molar-refractivity contribution in [2.45, 2.75) is 0 Å². The minimum absolute atomic E-state index is 0.228. The lowest BCUT2D eigenvalue weighted by molar-refractivity contribution is -0.0775. The molecule has 0 radical (unpaired) electrons. The van der Waals surface area contributed by atoms with E-state index >= 15 is 0 Å². The molecular formula is C12H10O12S6. The van der Waals surface area contributed by atoms with E-state index in [0.717, 1.165) is 0 Å². The van der Waals surface area contributed by atoms with Crippen LogP contribution in [0.25, 0.3) is 0 Å². The van der Waals surface area contributed by atoms with E-state index < -0.39 is 56.3 Å². The molecule has 0 atom stereocenters. The maximum Gasteiger partial charge on any atom is 0.383 e. The Bertz CT molecular complexity index is 1170. The van der Waals surface area contributed by atoms with Gasteiger partial charge in [0.25, 0.3) is 0 Å². The van der Waals surface area contributed by atoms with Crippen LogP contribution in [0.3, 0.4) is 0 Å². The fourth-order valence-corrected chi connectivity index (χ4v) is 10.2. The zero-order valence-electron chi connectivity index (χ0n) is 14.1. The first kappa shape index (κ1) is 24.7. The van der Waals surface area contributed by atoms with E-state index in [2.05, 4.69) is 17.0 Å². The minimum atomic E-state index is -5.25. The van der Waals surface area contributed by atoms with Crippen molar-refractivity contribution in [3.63, 3.8) is 0 Å². The van der Waals surface area contributed by atoms with E-state index in [1.54, 1.807) is 12.1 Å². The SMILES string of the molecule is O=S(=O)(OOS(=O)(=O)SS(=O)(=O)Oc1ccccc1)SS(=O)(=O)Oc1ccccc1. The van der Waals surface area contributed by atoms with E-state index in [9.17, 15) is 33.7 Å². The molecule has 0 bridgehead atoms. The van der Waals surface area contributed by atoms with Crippen LogP contribution in [0, 0.1) is 0 Å². The van der Waals surface area contributed by atoms with E-state index in [1.807, 2.05) is 0 Å². The molecule has 2 rings (SSSR count). The molecule has 0 amide bonds. The molecule has 0 N–H and O–H groups in total. The van der Waals surface area contributed by atoms with Gasteiger partial charge in [-0.1, -0.05) is 45.1 Å². The third-order valence-corrected chi connectivity index (χ3v) is 13.2.